The van der Waals surface area contributed by atoms with E-state index in [0.717, 1.165) is 30.6 Å². The number of hydrogen-bond acceptors (Lipinski definition) is 4. The lowest BCUT2D eigenvalue weighted by atomic mass is 9.71. The van der Waals surface area contributed by atoms with E-state index < -0.39 is 0 Å². The van der Waals surface area contributed by atoms with E-state index in [1.165, 1.54) is 6.42 Å². The van der Waals surface area contributed by atoms with Crippen LogP contribution in [-0.2, 0) is 6.54 Å². The summed E-state index contributed by atoms with van der Waals surface area (Å²) in [6.45, 7) is 9.75. The van der Waals surface area contributed by atoms with Crippen molar-refractivity contribution in [3.05, 3.63) is 17.5 Å². The molecule has 4 heteroatoms. The second-order valence-corrected chi connectivity index (χ2v) is 6.95. The number of rotatable bonds is 4. The van der Waals surface area contributed by atoms with Crippen LogP contribution in [0.1, 0.15) is 51.3 Å². The van der Waals surface area contributed by atoms with Crippen LogP contribution in [0.4, 0.5) is 0 Å². The SMILES string of the molecule is CNCc1cnc(OC2CC(C)CC(C)(C)C2)nc1C. The average molecular weight is 277 g/mol. The Morgan fingerprint density at radius 2 is 2.15 bits per heavy atom. The van der Waals surface area contributed by atoms with Gasteiger partial charge in [-0.25, -0.2) is 9.97 Å². The quantitative estimate of drug-likeness (QED) is 0.918. The van der Waals surface area contributed by atoms with Crippen LogP contribution in [0.2, 0.25) is 0 Å². The Bertz CT molecular complexity index is 459. The highest BCUT2D eigenvalue weighted by molar-refractivity contribution is 5.17. The third-order valence-electron chi connectivity index (χ3n) is 4.04. The van der Waals surface area contributed by atoms with Gasteiger partial charge in [-0.2, -0.15) is 0 Å². The average Bonchev–Trinajstić information content (AvgIpc) is 2.30. The van der Waals surface area contributed by atoms with Crippen LogP contribution < -0.4 is 10.1 Å². The Labute approximate surface area is 122 Å². The summed E-state index contributed by atoms with van der Waals surface area (Å²) in [7, 11) is 1.93. The van der Waals surface area contributed by atoms with Crippen LogP contribution in [0.5, 0.6) is 6.01 Å². The van der Waals surface area contributed by atoms with E-state index in [1.54, 1.807) is 0 Å². The Hall–Kier alpha value is -1.16. The van der Waals surface area contributed by atoms with Crippen molar-refractivity contribution in [3.8, 4) is 6.01 Å². The van der Waals surface area contributed by atoms with Crippen molar-refractivity contribution in [2.24, 2.45) is 11.3 Å². The minimum absolute atomic E-state index is 0.239. The van der Waals surface area contributed by atoms with Crippen LogP contribution in [0.25, 0.3) is 0 Å². The minimum Gasteiger partial charge on any atom is -0.460 e. The molecule has 0 saturated heterocycles. The summed E-state index contributed by atoms with van der Waals surface area (Å²) in [6.07, 6.45) is 5.56. The maximum atomic E-state index is 6.03. The molecule has 4 nitrogen and oxygen atoms in total. The lowest BCUT2D eigenvalue weighted by Gasteiger charge is -2.38. The van der Waals surface area contributed by atoms with Gasteiger partial charge in [-0.05, 0) is 44.6 Å². The van der Waals surface area contributed by atoms with Crippen LogP contribution in [-0.4, -0.2) is 23.1 Å². The molecular formula is C16H27N3O. The van der Waals surface area contributed by atoms with E-state index >= 15 is 0 Å². The molecule has 1 aliphatic carbocycles. The molecular weight excluding hydrogens is 250 g/mol. The zero-order chi connectivity index (χ0) is 14.8. The maximum Gasteiger partial charge on any atom is 0.316 e. The molecule has 0 spiro atoms. The fraction of sp³-hybridized carbons (Fsp3) is 0.750. The molecule has 0 amide bonds. The van der Waals surface area contributed by atoms with E-state index in [4.69, 9.17) is 4.74 Å². The van der Waals surface area contributed by atoms with Crippen molar-refractivity contribution in [1.29, 1.82) is 0 Å². The summed E-state index contributed by atoms with van der Waals surface area (Å²) in [5.74, 6) is 0.702. The van der Waals surface area contributed by atoms with Gasteiger partial charge in [0.15, 0.2) is 0 Å². The number of hydrogen-bond donors (Lipinski definition) is 1. The lowest BCUT2D eigenvalue weighted by molar-refractivity contribution is 0.0498. The van der Waals surface area contributed by atoms with E-state index in [-0.39, 0.29) is 6.10 Å². The fourth-order valence-electron chi connectivity index (χ4n) is 3.39. The van der Waals surface area contributed by atoms with Gasteiger partial charge in [0.2, 0.25) is 0 Å². The van der Waals surface area contributed by atoms with Gasteiger partial charge in [-0.3, -0.25) is 0 Å². The highest BCUT2D eigenvalue weighted by Crippen LogP contribution is 2.39. The number of aryl methyl sites for hydroxylation is 1. The predicted octanol–water partition coefficient (Wildman–Crippen LogP) is 3.10. The second kappa shape index (κ2) is 6.08. The predicted molar refractivity (Wildman–Crippen MR) is 80.7 cm³/mol. The molecule has 1 fully saturated rings. The number of aromatic nitrogens is 2. The summed E-state index contributed by atoms with van der Waals surface area (Å²) < 4.78 is 6.03. The van der Waals surface area contributed by atoms with Crippen molar-refractivity contribution >= 4 is 0 Å². The molecule has 2 atom stereocenters. The Balaban J connectivity index is 2.04. The Morgan fingerprint density at radius 1 is 1.40 bits per heavy atom. The number of nitrogens with zero attached hydrogens (tertiary/aromatic N) is 2. The monoisotopic (exact) mass is 277 g/mol. The molecule has 2 rings (SSSR count). The van der Waals surface area contributed by atoms with E-state index in [1.807, 2.05) is 20.2 Å². The molecule has 2 unspecified atom stereocenters. The van der Waals surface area contributed by atoms with Gasteiger partial charge in [0, 0.05) is 24.0 Å². The third kappa shape index (κ3) is 3.92. The summed E-state index contributed by atoms with van der Waals surface area (Å²) >= 11 is 0. The zero-order valence-corrected chi connectivity index (χ0v) is 13.4. The van der Waals surface area contributed by atoms with Gasteiger partial charge in [-0.1, -0.05) is 20.8 Å². The van der Waals surface area contributed by atoms with Crippen molar-refractivity contribution in [1.82, 2.24) is 15.3 Å². The molecule has 1 N–H and O–H groups in total. The van der Waals surface area contributed by atoms with E-state index in [0.29, 0.717) is 17.3 Å². The molecule has 1 saturated carbocycles. The van der Waals surface area contributed by atoms with Gasteiger partial charge < -0.3 is 10.1 Å². The fourth-order valence-corrected chi connectivity index (χ4v) is 3.39. The maximum absolute atomic E-state index is 6.03. The summed E-state index contributed by atoms with van der Waals surface area (Å²) in [6, 6.07) is 0.525. The van der Waals surface area contributed by atoms with Crippen molar-refractivity contribution < 1.29 is 4.74 Å². The van der Waals surface area contributed by atoms with Crippen LogP contribution >= 0.6 is 0 Å². The Morgan fingerprint density at radius 3 is 2.75 bits per heavy atom. The zero-order valence-electron chi connectivity index (χ0n) is 13.4. The van der Waals surface area contributed by atoms with E-state index in [9.17, 15) is 0 Å². The van der Waals surface area contributed by atoms with Gasteiger partial charge in [-0.15, -0.1) is 0 Å². The minimum atomic E-state index is 0.239. The molecule has 1 aromatic rings. The molecule has 112 valence electrons. The van der Waals surface area contributed by atoms with Crippen LogP contribution in [0.3, 0.4) is 0 Å². The normalized spacial score (nSPS) is 25.4. The van der Waals surface area contributed by atoms with Gasteiger partial charge in [0.1, 0.15) is 6.10 Å². The second-order valence-electron chi connectivity index (χ2n) is 6.95. The van der Waals surface area contributed by atoms with E-state index in [2.05, 4.69) is 36.1 Å². The van der Waals surface area contributed by atoms with Crippen LogP contribution in [0, 0.1) is 18.3 Å². The molecule has 1 heterocycles. The Kier molecular flexibility index (Phi) is 4.63. The van der Waals surface area contributed by atoms with Crippen molar-refractivity contribution in [2.45, 2.75) is 59.6 Å². The molecule has 0 radical (unpaired) electrons. The molecule has 1 aromatic heterocycles. The summed E-state index contributed by atoms with van der Waals surface area (Å²) in [5, 5.41) is 3.12. The first-order valence-corrected chi connectivity index (χ1v) is 7.53. The largest absolute Gasteiger partial charge is 0.460 e. The highest BCUT2D eigenvalue weighted by Gasteiger charge is 2.33. The van der Waals surface area contributed by atoms with Crippen LogP contribution in [0.15, 0.2) is 6.20 Å². The molecule has 1 aliphatic rings. The molecule has 0 aliphatic heterocycles. The number of nitrogens with one attached hydrogen (secondary N) is 1. The third-order valence-corrected chi connectivity index (χ3v) is 4.04. The van der Waals surface area contributed by atoms with Gasteiger partial charge >= 0.3 is 6.01 Å². The smallest absolute Gasteiger partial charge is 0.316 e. The summed E-state index contributed by atoms with van der Waals surface area (Å²) in [5.41, 5.74) is 2.47. The standard InChI is InChI=1S/C16H27N3O/c1-11-6-14(8-16(3,4)7-11)20-15-18-10-13(9-17-5)12(2)19-15/h10-11,14,17H,6-9H2,1-5H3. The molecule has 20 heavy (non-hydrogen) atoms. The summed E-state index contributed by atoms with van der Waals surface area (Å²) in [4.78, 5) is 8.84. The topological polar surface area (TPSA) is 47.0 Å². The first-order chi connectivity index (χ1) is 9.39. The van der Waals surface area contributed by atoms with Crippen molar-refractivity contribution in [3.63, 3.8) is 0 Å². The highest BCUT2D eigenvalue weighted by atomic mass is 16.5. The first-order valence-electron chi connectivity index (χ1n) is 7.53. The van der Waals surface area contributed by atoms with Gasteiger partial charge in [0.05, 0.1) is 0 Å². The van der Waals surface area contributed by atoms with Crippen molar-refractivity contribution in [2.75, 3.05) is 7.05 Å². The molecule has 0 bridgehead atoms. The first kappa shape index (κ1) is 15.2. The lowest BCUT2D eigenvalue weighted by Crippen LogP contribution is -2.34. The van der Waals surface area contributed by atoms with Gasteiger partial charge in [0.25, 0.3) is 0 Å². The molecule has 0 aromatic carbocycles. The number of ether oxygens (including phenoxy) is 1.